The number of halogens is 1. The van der Waals surface area contributed by atoms with Crippen molar-refractivity contribution in [3.63, 3.8) is 0 Å². The van der Waals surface area contributed by atoms with E-state index in [2.05, 4.69) is 11.0 Å². The summed E-state index contributed by atoms with van der Waals surface area (Å²) in [5.41, 5.74) is 2.21. The highest BCUT2D eigenvalue weighted by molar-refractivity contribution is 6.33. The minimum atomic E-state index is 0.542. The van der Waals surface area contributed by atoms with Gasteiger partial charge in [-0.2, -0.15) is 0 Å². The van der Waals surface area contributed by atoms with Crippen LogP contribution in [0.25, 0.3) is 0 Å². The fourth-order valence-corrected chi connectivity index (χ4v) is 2.29. The second-order valence-corrected chi connectivity index (χ2v) is 4.44. The van der Waals surface area contributed by atoms with Crippen molar-refractivity contribution in [3.05, 3.63) is 59.1 Å². The molecule has 1 aliphatic heterocycles. The van der Waals surface area contributed by atoms with Crippen LogP contribution in [0.3, 0.4) is 0 Å². The zero-order chi connectivity index (χ0) is 11.7. The number of fused-ring (bicyclic) bond motifs is 1. The molecule has 0 atom stereocenters. The molecule has 86 valence electrons. The average molecular weight is 246 g/mol. The van der Waals surface area contributed by atoms with Gasteiger partial charge in [0, 0.05) is 12.1 Å². The van der Waals surface area contributed by atoms with E-state index in [0.717, 1.165) is 23.0 Å². The molecule has 0 aliphatic carbocycles. The van der Waals surface area contributed by atoms with E-state index in [9.17, 15) is 0 Å². The summed E-state index contributed by atoms with van der Waals surface area (Å²) < 4.78 is 5.71. The van der Waals surface area contributed by atoms with E-state index >= 15 is 0 Å². The monoisotopic (exact) mass is 245 g/mol. The minimum Gasteiger partial charge on any atom is -0.473 e. The molecule has 0 N–H and O–H groups in total. The predicted octanol–water partition coefficient (Wildman–Crippen LogP) is 3.70. The molecule has 0 saturated carbocycles. The van der Waals surface area contributed by atoms with Crippen LogP contribution in [0, 0.1) is 0 Å². The van der Waals surface area contributed by atoms with Gasteiger partial charge in [-0.05, 0) is 18.2 Å². The number of ether oxygens (including phenoxy) is 1. The Morgan fingerprint density at radius 1 is 1.00 bits per heavy atom. The fraction of sp³-hybridized carbons (Fsp3) is 0.143. The number of benzene rings is 2. The van der Waals surface area contributed by atoms with Crippen molar-refractivity contribution < 1.29 is 4.74 Å². The fourth-order valence-electron chi connectivity index (χ4n) is 2.04. The van der Waals surface area contributed by atoms with Crippen LogP contribution in [0.4, 0.5) is 5.69 Å². The van der Waals surface area contributed by atoms with Gasteiger partial charge in [-0.1, -0.05) is 41.9 Å². The number of rotatable bonds is 1. The molecule has 3 heteroatoms. The molecule has 0 unspecified atom stereocenters. The Balaban J connectivity index is 1.92. The van der Waals surface area contributed by atoms with Gasteiger partial charge in [0.1, 0.15) is 5.75 Å². The maximum Gasteiger partial charge on any atom is 0.161 e. The SMILES string of the molecule is Clc1ccccc1N1COc2ccccc2C1. The molecule has 3 rings (SSSR count). The molecule has 2 aromatic rings. The Morgan fingerprint density at radius 3 is 2.65 bits per heavy atom. The Hall–Kier alpha value is -1.67. The summed E-state index contributed by atoms with van der Waals surface area (Å²) in [5, 5.41) is 0.760. The van der Waals surface area contributed by atoms with Gasteiger partial charge in [-0.3, -0.25) is 0 Å². The van der Waals surface area contributed by atoms with Crippen LogP contribution in [0.2, 0.25) is 5.02 Å². The lowest BCUT2D eigenvalue weighted by Crippen LogP contribution is -2.31. The maximum atomic E-state index is 6.19. The van der Waals surface area contributed by atoms with E-state index in [-0.39, 0.29) is 0 Å². The summed E-state index contributed by atoms with van der Waals surface area (Å²) in [7, 11) is 0. The quantitative estimate of drug-likeness (QED) is 0.760. The Labute approximate surface area is 105 Å². The standard InChI is InChI=1S/C14H12ClNO/c15-12-6-2-3-7-13(12)16-9-11-5-1-4-8-14(11)17-10-16/h1-8H,9-10H2. The molecule has 2 aromatic carbocycles. The summed E-state index contributed by atoms with van der Waals surface area (Å²) in [6, 6.07) is 15.9. The van der Waals surface area contributed by atoms with E-state index in [4.69, 9.17) is 16.3 Å². The van der Waals surface area contributed by atoms with E-state index in [1.54, 1.807) is 0 Å². The number of anilines is 1. The van der Waals surface area contributed by atoms with Crippen molar-refractivity contribution in [2.45, 2.75) is 6.54 Å². The van der Waals surface area contributed by atoms with Crippen molar-refractivity contribution in [1.29, 1.82) is 0 Å². The van der Waals surface area contributed by atoms with Crippen LogP contribution < -0.4 is 9.64 Å². The van der Waals surface area contributed by atoms with Gasteiger partial charge in [0.25, 0.3) is 0 Å². The zero-order valence-corrected chi connectivity index (χ0v) is 10.0. The molecule has 0 saturated heterocycles. The van der Waals surface area contributed by atoms with Crippen molar-refractivity contribution in [3.8, 4) is 5.75 Å². The summed E-state index contributed by atoms with van der Waals surface area (Å²) in [4.78, 5) is 2.13. The van der Waals surface area contributed by atoms with Crippen molar-refractivity contribution in [2.24, 2.45) is 0 Å². The summed E-state index contributed by atoms with van der Waals surface area (Å²) in [6.45, 7) is 1.38. The van der Waals surface area contributed by atoms with Gasteiger partial charge in [0.15, 0.2) is 6.73 Å². The first-order chi connectivity index (χ1) is 8.34. The first-order valence-corrected chi connectivity index (χ1v) is 5.92. The molecule has 0 fully saturated rings. The number of hydrogen-bond donors (Lipinski definition) is 0. The molecule has 1 heterocycles. The van der Waals surface area contributed by atoms with Crippen LogP contribution in [0.15, 0.2) is 48.5 Å². The molecule has 1 aliphatic rings. The van der Waals surface area contributed by atoms with Crippen LogP contribution in [-0.2, 0) is 6.54 Å². The molecule has 0 spiro atoms. The zero-order valence-electron chi connectivity index (χ0n) is 9.27. The first kappa shape index (κ1) is 10.5. The lowest BCUT2D eigenvalue weighted by Gasteiger charge is -2.31. The van der Waals surface area contributed by atoms with E-state index < -0.39 is 0 Å². The van der Waals surface area contributed by atoms with Crippen LogP contribution in [0.1, 0.15) is 5.56 Å². The molecule has 2 nitrogen and oxygen atoms in total. The molecular weight excluding hydrogens is 234 g/mol. The second-order valence-electron chi connectivity index (χ2n) is 4.03. The highest BCUT2D eigenvalue weighted by atomic mass is 35.5. The highest BCUT2D eigenvalue weighted by Crippen LogP contribution is 2.31. The predicted molar refractivity (Wildman–Crippen MR) is 69.6 cm³/mol. The molecule has 17 heavy (non-hydrogen) atoms. The third-order valence-electron chi connectivity index (χ3n) is 2.90. The molecule has 0 aromatic heterocycles. The van der Waals surface area contributed by atoms with Gasteiger partial charge in [-0.25, -0.2) is 0 Å². The third-order valence-corrected chi connectivity index (χ3v) is 3.22. The molecule has 0 radical (unpaired) electrons. The maximum absolute atomic E-state index is 6.19. The Kier molecular flexibility index (Phi) is 2.65. The average Bonchev–Trinajstić information content (AvgIpc) is 2.39. The van der Waals surface area contributed by atoms with Crippen molar-refractivity contribution in [1.82, 2.24) is 0 Å². The number of hydrogen-bond acceptors (Lipinski definition) is 2. The largest absolute Gasteiger partial charge is 0.473 e. The van der Waals surface area contributed by atoms with Gasteiger partial charge in [0.2, 0.25) is 0 Å². The normalized spacial score (nSPS) is 14.1. The van der Waals surface area contributed by atoms with Gasteiger partial charge in [-0.15, -0.1) is 0 Å². The van der Waals surface area contributed by atoms with Crippen molar-refractivity contribution >= 4 is 17.3 Å². The van der Waals surface area contributed by atoms with E-state index in [1.165, 1.54) is 5.56 Å². The summed E-state index contributed by atoms with van der Waals surface area (Å²) in [5.74, 6) is 0.968. The van der Waals surface area contributed by atoms with Gasteiger partial charge in [0.05, 0.1) is 10.7 Å². The van der Waals surface area contributed by atoms with Crippen molar-refractivity contribution in [2.75, 3.05) is 11.6 Å². The van der Waals surface area contributed by atoms with Crippen LogP contribution in [0.5, 0.6) is 5.75 Å². The minimum absolute atomic E-state index is 0.542. The van der Waals surface area contributed by atoms with E-state index in [1.807, 2.05) is 42.5 Å². The van der Waals surface area contributed by atoms with Crippen LogP contribution in [-0.4, -0.2) is 6.73 Å². The molecule has 0 bridgehead atoms. The van der Waals surface area contributed by atoms with Crippen LogP contribution >= 0.6 is 11.6 Å². The summed E-state index contributed by atoms with van der Waals surface area (Å²) >= 11 is 6.19. The number of para-hydroxylation sites is 2. The van der Waals surface area contributed by atoms with E-state index in [0.29, 0.717) is 6.73 Å². The highest BCUT2D eigenvalue weighted by Gasteiger charge is 2.18. The molecular formula is C14H12ClNO. The van der Waals surface area contributed by atoms with Gasteiger partial charge >= 0.3 is 0 Å². The Morgan fingerprint density at radius 2 is 1.76 bits per heavy atom. The lowest BCUT2D eigenvalue weighted by molar-refractivity contribution is 0.289. The Bertz CT molecular complexity index is 541. The third kappa shape index (κ3) is 1.96. The molecule has 0 amide bonds. The smallest absolute Gasteiger partial charge is 0.161 e. The number of nitrogens with zero attached hydrogens (tertiary/aromatic N) is 1. The van der Waals surface area contributed by atoms with Gasteiger partial charge < -0.3 is 9.64 Å². The topological polar surface area (TPSA) is 12.5 Å². The summed E-state index contributed by atoms with van der Waals surface area (Å²) in [6.07, 6.45) is 0. The first-order valence-electron chi connectivity index (χ1n) is 5.55. The second kappa shape index (κ2) is 4.30. The lowest BCUT2D eigenvalue weighted by atomic mass is 10.1.